The number of likely N-dealkylation sites (N-methyl/N-ethyl adjacent to an activating group) is 1. The summed E-state index contributed by atoms with van der Waals surface area (Å²) >= 11 is 3.40. The molecule has 84 valence electrons. The van der Waals surface area contributed by atoms with E-state index < -0.39 is 6.10 Å². The first-order valence-corrected chi connectivity index (χ1v) is 5.58. The van der Waals surface area contributed by atoms with E-state index in [0.717, 1.165) is 15.6 Å². The van der Waals surface area contributed by atoms with Crippen LogP contribution in [0, 0.1) is 0 Å². The number of halogens is 1. The second-order valence-electron chi connectivity index (χ2n) is 3.35. The minimum absolute atomic E-state index is 0.492. The molecule has 0 aliphatic heterocycles. The Labute approximate surface area is 98.6 Å². The highest BCUT2D eigenvalue weighted by atomic mass is 79.9. The molecule has 1 unspecified atom stereocenters. The Balaban J connectivity index is 2.93. The molecular weight excluding hydrogens is 258 g/mol. The van der Waals surface area contributed by atoms with E-state index in [0.29, 0.717) is 13.2 Å². The number of aliphatic hydroxyl groups is 1. The van der Waals surface area contributed by atoms with Gasteiger partial charge in [-0.3, -0.25) is 0 Å². The normalized spacial score (nSPS) is 12.8. The topological polar surface area (TPSA) is 41.5 Å². The van der Waals surface area contributed by atoms with Gasteiger partial charge >= 0.3 is 0 Å². The molecule has 0 fully saturated rings. The summed E-state index contributed by atoms with van der Waals surface area (Å²) in [7, 11) is 3.47. The number of hydrogen-bond donors (Lipinski definition) is 2. The van der Waals surface area contributed by atoms with Gasteiger partial charge in [-0.05, 0) is 30.3 Å². The Bertz CT molecular complexity index is 317. The molecule has 0 aliphatic rings. The molecule has 4 heteroatoms. The van der Waals surface area contributed by atoms with Gasteiger partial charge in [-0.25, -0.2) is 0 Å². The van der Waals surface area contributed by atoms with Gasteiger partial charge in [-0.15, -0.1) is 0 Å². The summed E-state index contributed by atoms with van der Waals surface area (Å²) in [5, 5.41) is 12.8. The zero-order valence-electron chi connectivity index (χ0n) is 8.96. The fraction of sp³-hybridized carbons (Fsp3) is 0.455. The molecule has 2 N–H and O–H groups in total. The zero-order chi connectivity index (χ0) is 11.3. The summed E-state index contributed by atoms with van der Waals surface area (Å²) in [6.07, 6.45) is -0.492. The molecule has 0 saturated carbocycles. The molecule has 1 aromatic carbocycles. The first-order valence-electron chi connectivity index (χ1n) is 4.79. The van der Waals surface area contributed by atoms with Gasteiger partial charge < -0.3 is 15.2 Å². The molecular formula is C11H16BrNO2. The van der Waals surface area contributed by atoms with Crippen molar-refractivity contribution in [3.63, 3.8) is 0 Å². The highest BCUT2D eigenvalue weighted by Gasteiger charge is 2.11. The summed E-state index contributed by atoms with van der Waals surface area (Å²) in [5.41, 5.74) is 1.92. The van der Waals surface area contributed by atoms with Crippen LogP contribution in [0.4, 0.5) is 0 Å². The van der Waals surface area contributed by atoms with Crippen LogP contribution < -0.4 is 5.32 Å². The van der Waals surface area contributed by atoms with Crippen molar-refractivity contribution in [2.45, 2.75) is 12.7 Å². The van der Waals surface area contributed by atoms with E-state index >= 15 is 0 Å². The van der Waals surface area contributed by atoms with E-state index in [-0.39, 0.29) is 0 Å². The minimum atomic E-state index is -0.492. The SMILES string of the molecule is CNCC(O)c1ccc(Br)cc1COC. The van der Waals surface area contributed by atoms with Crippen molar-refractivity contribution >= 4 is 15.9 Å². The first-order chi connectivity index (χ1) is 7.19. The van der Waals surface area contributed by atoms with Crippen LogP contribution in [0.3, 0.4) is 0 Å². The lowest BCUT2D eigenvalue weighted by molar-refractivity contribution is 0.161. The van der Waals surface area contributed by atoms with Crippen LogP contribution in [-0.2, 0) is 11.3 Å². The van der Waals surface area contributed by atoms with Crippen molar-refractivity contribution in [2.75, 3.05) is 20.7 Å². The Hall–Kier alpha value is -0.420. The highest BCUT2D eigenvalue weighted by molar-refractivity contribution is 9.10. The summed E-state index contributed by atoms with van der Waals surface area (Å²) < 4.78 is 6.09. The quantitative estimate of drug-likeness (QED) is 0.861. The van der Waals surface area contributed by atoms with Crippen molar-refractivity contribution in [3.8, 4) is 0 Å². The molecule has 0 bridgehead atoms. The van der Waals surface area contributed by atoms with Gasteiger partial charge in [0.2, 0.25) is 0 Å². The maximum Gasteiger partial charge on any atom is 0.0917 e. The van der Waals surface area contributed by atoms with Gasteiger partial charge in [0.1, 0.15) is 0 Å². The lowest BCUT2D eigenvalue weighted by Gasteiger charge is -2.15. The summed E-state index contributed by atoms with van der Waals surface area (Å²) in [6.45, 7) is 1.05. The molecule has 0 aromatic heterocycles. The molecule has 0 aliphatic carbocycles. The number of aliphatic hydroxyl groups excluding tert-OH is 1. The van der Waals surface area contributed by atoms with Crippen LogP contribution in [0.5, 0.6) is 0 Å². The third kappa shape index (κ3) is 3.57. The average molecular weight is 274 g/mol. The van der Waals surface area contributed by atoms with Crippen LogP contribution in [-0.4, -0.2) is 25.8 Å². The lowest BCUT2D eigenvalue weighted by atomic mass is 10.0. The summed E-state index contributed by atoms with van der Waals surface area (Å²) in [5.74, 6) is 0. The molecule has 1 aromatic rings. The summed E-state index contributed by atoms with van der Waals surface area (Å²) in [4.78, 5) is 0. The zero-order valence-corrected chi connectivity index (χ0v) is 10.5. The van der Waals surface area contributed by atoms with Gasteiger partial charge in [-0.2, -0.15) is 0 Å². The lowest BCUT2D eigenvalue weighted by Crippen LogP contribution is -2.18. The summed E-state index contributed by atoms with van der Waals surface area (Å²) in [6, 6.07) is 5.81. The molecule has 3 nitrogen and oxygen atoms in total. The predicted molar refractivity (Wildman–Crippen MR) is 63.7 cm³/mol. The Morgan fingerprint density at radius 2 is 2.27 bits per heavy atom. The number of hydrogen-bond acceptors (Lipinski definition) is 3. The van der Waals surface area contributed by atoms with Crippen molar-refractivity contribution in [1.82, 2.24) is 5.32 Å². The largest absolute Gasteiger partial charge is 0.387 e. The fourth-order valence-electron chi connectivity index (χ4n) is 1.48. The molecule has 0 heterocycles. The molecule has 0 saturated heterocycles. The molecule has 1 atom stereocenters. The highest BCUT2D eigenvalue weighted by Crippen LogP contribution is 2.22. The van der Waals surface area contributed by atoms with Crippen molar-refractivity contribution < 1.29 is 9.84 Å². The van der Waals surface area contributed by atoms with E-state index in [1.807, 2.05) is 25.2 Å². The van der Waals surface area contributed by atoms with E-state index in [4.69, 9.17) is 4.74 Å². The number of methoxy groups -OCH3 is 1. The molecule has 0 spiro atoms. The van der Waals surface area contributed by atoms with Crippen LogP contribution >= 0.6 is 15.9 Å². The Morgan fingerprint density at radius 1 is 1.53 bits per heavy atom. The maximum atomic E-state index is 9.89. The van der Waals surface area contributed by atoms with Gasteiger partial charge in [0.15, 0.2) is 0 Å². The van der Waals surface area contributed by atoms with Crippen molar-refractivity contribution in [3.05, 3.63) is 33.8 Å². The first kappa shape index (κ1) is 12.6. The van der Waals surface area contributed by atoms with Crippen molar-refractivity contribution in [2.24, 2.45) is 0 Å². The smallest absolute Gasteiger partial charge is 0.0917 e. The fourth-order valence-corrected chi connectivity index (χ4v) is 1.89. The van der Waals surface area contributed by atoms with Gasteiger partial charge in [0.25, 0.3) is 0 Å². The maximum absolute atomic E-state index is 9.89. The average Bonchev–Trinajstić information content (AvgIpc) is 2.18. The monoisotopic (exact) mass is 273 g/mol. The predicted octanol–water partition coefficient (Wildman–Crippen LogP) is 1.85. The molecule has 0 radical (unpaired) electrons. The van der Waals surface area contributed by atoms with Crippen LogP contribution in [0.25, 0.3) is 0 Å². The third-order valence-electron chi connectivity index (χ3n) is 2.16. The van der Waals surface area contributed by atoms with Crippen molar-refractivity contribution in [1.29, 1.82) is 0 Å². The molecule has 15 heavy (non-hydrogen) atoms. The second kappa shape index (κ2) is 6.23. The van der Waals surface area contributed by atoms with E-state index in [9.17, 15) is 5.11 Å². The number of ether oxygens (including phenoxy) is 1. The Kier molecular flexibility index (Phi) is 5.25. The minimum Gasteiger partial charge on any atom is -0.387 e. The third-order valence-corrected chi connectivity index (χ3v) is 2.65. The van der Waals surface area contributed by atoms with E-state index in [1.165, 1.54) is 0 Å². The number of benzene rings is 1. The molecule has 0 amide bonds. The number of nitrogens with one attached hydrogen (secondary N) is 1. The van der Waals surface area contributed by atoms with Crippen LogP contribution in [0.2, 0.25) is 0 Å². The van der Waals surface area contributed by atoms with Crippen LogP contribution in [0.1, 0.15) is 17.2 Å². The van der Waals surface area contributed by atoms with E-state index in [2.05, 4.69) is 21.2 Å². The second-order valence-corrected chi connectivity index (χ2v) is 4.27. The standard InChI is InChI=1S/C11H16BrNO2/c1-13-6-11(14)10-4-3-9(12)5-8(10)7-15-2/h3-5,11,13-14H,6-7H2,1-2H3. The number of rotatable bonds is 5. The van der Waals surface area contributed by atoms with E-state index in [1.54, 1.807) is 7.11 Å². The van der Waals surface area contributed by atoms with Gasteiger partial charge in [0, 0.05) is 18.1 Å². The van der Waals surface area contributed by atoms with Gasteiger partial charge in [-0.1, -0.05) is 22.0 Å². The van der Waals surface area contributed by atoms with Gasteiger partial charge in [0.05, 0.1) is 12.7 Å². The Morgan fingerprint density at radius 3 is 2.87 bits per heavy atom. The molecule has 1 rings (SSSR count). The van der Waals surface area contributed by atoms with Crippen LogP contribution in [0.15, 0.2) is 22.7 Å².